The van der Waals surface area contributed by atoms with Gasteiger partial charge in [-0.2, -0.15) is 13.2 Å². The van der Waals surface area contributed by atoms with Crippen molar-refractivity contribution in [2.24, 2.45) is 0 Å². The Bertz CT molecular complexity index is 534. The Balaban J connectivity index is 2.01. The number of halogens is 3. The molecule has 0 aliphatic carbocycles. The van der Waals surface area contributed by atoms with Gasteiger partial charge in [0, 0.05) is 37.9 Å². The van der Waals surface area contributed by atoms with Crippen LogP contribution >= 0.6 is 0 Å². The quantitative estimate of drug-likeness (QED) is 0.852. The van der Waals surface area contributed by atoms with E-state index in [1.807, 2.05) is 0 Å². The molecule has 0 atom stereocenters. The van der Waals surface area contributed by atoms with E-state index in [2.05, 4.69) is 4.90 Å². The highest BCUT2D eigenvalue weighted by molar-refractivity contribution is 5.20. The van der Waals surface area contributed by atoms with Gasteiger partial charge < -0.3 is 9.30 Å². The Morgan fingerprint density at radius 2 is 1.90 bits per heavy atom. The van der Waals surface area contributed by atoms with Crippen LogP contribution in [-0.2, 0) is 17.5 Å². The molecule has 1 aliphatic heterocycles. The maximum Gasteiger partial charge on any atom is 0.417 e. The van der Waals surface area contributed by atoms with Gasteiger partial charge in [0.25, 0.3) is 5.56 Å². The standard InChI is InChI=1S/C14H19F3N2O2/c1-11-9-12(14(15,16)17)10-19(13(11)20)4-2-3-18-5-7-21-8-6-18/h9-10H,2-8H2,1H3. The fourth-order valence-electron chi connectivity index (χ4n) is 2.40. The van der Waals surface area contributed by atoms with E-state index in [0.717, 1.165) is 31.9 Å². The van der Waals surface area contributed by atoms with Gasteiger partial charge in [0.15, 0.2) is 0 Å². The lowest BCUT2D eigenvalue weighted by Crippen LogP contribution is -2.37. The van der Waals surface area contributed by atoms with Crippen LogP contribution < -0.4 is 5.56 Å². The molecule has 0 spiro atoms. The van der Waals surface area contributed by atoms with Crippen LogP contribution in [0.4, 0.5) is 13.2 Å². The molecule has 0 bridgehead atoms. The monoisotopic (exact) mass is 304 g/mol. The highest BCUT2D eigenvalue weighted by Gasteiger charge is 2.31. The number of morpholine rings is 1. The Hall–Kier alpha value is -1.34. The number of hydrogen-bond acceptors (Lipinski definition) is 3. The fraction of sp³-hybridized carbons (Fsp3) is 0.643. The zero-order valence-electron chi connectivity index (χ0n) is 11.9. The highest BCUT2D eigenvalue weighted by atomic mass is 19.4. The van der Waals surface area contributed by atoms with Crippen LogP contribution in [0.5, 0.6) is 0 Å². The second-order valence-electron chi connectivity index (χ2n) is 5.22. The summed E-state index contributed by atoms with van der Waals surface area (Å²) < 4.78 is 44.7. The van der Waals surface area contributed by atoms with E-state index in [-0.39, 0.29) is 11.1 Å². The van der Waals surface area contributed by atoms with E-state index in [9.17, 15) is 18.0 Å². The molecule has 0 N–H and O–H groups in total. The number of nitrogens with zero attached hydrogens (tertiary/aromatic N) is 2. The van der Waals surface area contributed by atoms with Gasteiger partial charge in [0.2, 0.25) is 0 Å². The first-order valence-electron chi connectivity index (χ1n) is 6.96. The van der Waals surface area contributed by atoms with E-state index in [4.69, 9.17) is 4.74 Å². The van der Waals surface area contributed by atoms with Crippen LogP contribution in [0, 0.1) is 6.92 Å². The van der Waals surface area contributed by atoms with Crippen molar-refractivity contribution in [3.63, 3.8) is 0 Å². The van der Waals surface area contributed by atoms with Gasteiger partial charge in [0.05, 0.1) is 18.8 Å². The van der Waals surface area contributed by atoms with Crippen molar-refractivity contribution in [2.45, 2.75) is 26.1 Å². The summed E-state index contributed by atoms with van der Waals surface area (Å²) in [6.45, 7) is 5.49. The second kappa shape index (κ2) is 6.62. The van der Waals surface area contributed by atoms with Crippen molar-refractivity contribution >= 4 is 0 Å². The molecule has 1 aromatic rings. The van der Waals surface area contributed by atoms with Crippen LogP contribution in [0.15, 0.2) is 17.1 Å². The summed E-state index contributed by atoms with van der Waals surface area (Å²) in [5, 5.41) is 0. The summed E-state index contributed by atoms with van der Waals surface area (Å²) in [5.74, 6) is 0. The Kier molecular flexibility index (Phi) is 5.05. The maximum absolute atomic E-state index is 12.8. The number of alkyl halides is 3. The van der Waals surface area contributed by atoms with Gasteiger partial charge in [-0.25, -0.2) is 0 Å². The van der Waals surface area contributed by atoms with Gasteiger partial charge in [-0.05, 0) is 19.4 Å². The molecule has 0 aromatic carbocycles. The average Bonchev–Trinajstić information content (AvgIpc) is 2.43. The van der Waals surface area contributed by atoms with Crippen LogP contribution in [0.25, 0.3) is 0 Å². The Morgan fingerprint density at radius 1 is 1.24 bits per heavy atom. The van der Waals surface area contributed by atoms with Gasteiger partial charge >= 0.3 is 6.18 Å². The Morgan fingerprint density at radius 3 is 2.52 bits per heavy atom. The van der Waals surface area contributed by atoms with Gasteiger partial charge in [0.1, 0.15) is 0 Å². The smallest absolute Gasteiger partial charge is 0.379 e. The van der Waals surface area contributed by atoms with Gasteiger partial charge in [-0.1, -0.05) is 0 Å². The SMILES string of the molecule is Cc1cc(C(F)(F)F)cn(CCCN2CCOCC2)c1=O. The largest absolute Gasteiger partial charge is 0.417 e. The molecule has 118 valence electrons. The molecular formula is C14H19F3N2O2. The topological polar surface area (TPSA) is 34.5 Å². The first-order chi connectivity index (χ1) is 9.88. The van der Waals surface area contributed by atoms with Crippen molar-refractivity contribution in [2.75, 3.05) is 32.8 Å². The molecule has 0 unspecified atom stereocenters. The first kappa shape index (κ1) is 16.0. The van der Waals surface area contributed by atoms with E-state index < -0.39 is 11.7 Å². The van der Waals surface area contributed by atoms with E-state index in [1.165, 1.54) is 11.5 Å². The van der Waals surface area contributed by atoms with Gasteiger partial charge in [-0.3, -0.25) is 9.69 Å². The van der Waals surface area contributed by atoms with Crippen LogP contribution in [0.1, 0.15) is 17.5 Å². The first-order valence-corrected chi connectivity index (χ1v) is 6.96. The third kappa shape index (κ3) is 4.31. The molecule has 1 aliphatic rings. The number of ether oxygens (including phenoxy) is 1. The Labute approximate surface area is 121 Å². The zero-order chi connectivity index (χ0) is 15.5. The third-order valence-corrected chi connectivity index (χ3v) is 3.57. The molecule has 1 saturated heterocycles. The molecule has 4 nitrogen and oxygen atoms in total. The third-order valence-electron chi connectivity index (χ3n) is 3.57. The molecule has 0 radical (unpaired) electrons. The molecule has 1 aromatic heterocycles. The molecule has 21 heavy (non-hydrogen) atoms. The molecule has 0 amide bonds. The minimum atomic E-state index is -4.43. The summed E-state index contributed by atoms with van der Waals surface area (Å²) in [5.41, 5.74) is -1.01. The summed E-state index contributed by atoms with van der Waals surface area (Å²) in [4.78, 5) is 14.1. The summed E-state index contributed by atoms with van der Waals surface area (Å²) in [6.07, 6.45) is -2.88. The van der Waals surface area contributed by atoms with E-state index in [1.54, 1.807) is 0 Å². The second-order valence-corrected chi connectivity index (χ2v) is 5.22. The zero-order valence-corrected chi connectivity index (χ0v) is 11.9. The van der Waals surface area contributed by atoms with E-state index in [0.29, 0.717) is 26.2 Å². The predicted molar refractivity (Wildman–Crippen MR) is 72.3 cm³/mol. The predicted octanol–water partition coefficient (Wildman–Crippen LogP) is 1.90. The van der Waals surface area contributed by atoms with Crippen molar-refractivity contribution < 1.29 is 17.9 Å². The summed E-state index contributed by atoms with van der Waals surface area (Å²) in [7, 11) is 0. The lowest BCUT2D eigenvalue weighted by atomic mass is 10.2. The molecular weight excluding hydrogens is 285 g/mol. The number of hydrogen-bond donors (Lipinski definition) is 0. The average molecular weight is 304 g/mol. The fourth-order valence-corrected chi connectivity index (χ4v) is 2.40. The summed E-state index contributed by atoms with van der Waals surface area (Å²) >= 11 is 0. The molecule has 2 rings (SSSR count). The summed E-state index contributed by atoms with van der Waals surface area (Å²) in [6, 6.07) is 0.904. The van der Waals surface area contributed by atoms with Crippen molar-refractivity contribution in [3.8, 4) is 0 Å². The molecule has 0 saturated carbocycles. The molecule has 1 fully saturated rings. The minimum Gasteiger partial charge on any atom is -0.379 e. The number of pyridine rings is 1. The van der Waals surface area contributed by atoms with Crippen molar-refractivity contribution in [1.82, 2.24) is 9.47 Å². The van der Waals surface area contributed by atoms with Gasteiger partial charge in [-0.15, -0.1) is 0 Å². The highest BCUT2D eigenvalue weighted by Crippen LogP contribution is 2.28. The normalized spacial score (nSPS) is 17.1. The van der Waals surface area contributed by atoms with Crippen molar-refractivity contribution in [1.29, 1.82) is 0 Å². The lowest BCUT2D eigenvalue weighted by Gasteiger charge is -2.26. The number of aromatic nitrogens is 1. The van der Waals surface area contributed by atoms with Crippen LogP contribution in [0.2, 0.25) is 0 Å². The van der Waals surface area contributed by atoms with Crippen LogP contribution in [-0.4, -0.2) is 42.3 Å². The molecule has 7 heteroatoms. The number of rotatable bonds is 4. The van der Waals surface area contributed by atoms with Crippen molar-refractivity contribution in [3.05, 3.63) is 33.7 Å². The lowest BCUT2D eigenvalue weighted by molar-refractivity contribution is -0.138. The van der Waals surface area contributed by atoms with E-state index >= 15 is 0 Å². The minimum absolute atomic E-state index is 0.121. The van der Waals surface area contributed by atoms with Crippen LogP contribution in [0.3, 0.4) is 0 Å². The maximum atomic E-state index is 12.8. The molecule has 2 heterocycles. The number of aryl methyl sites for hydroxylation is 2.